The number of hydrogen-bond acceptors (Lipinski definition) is 7. The Labute approximate surface area is 156 Å². The van der Waals surface area contributed by atoms with Crippen LogP contribution in [0.4, 0.5) is 13.2 Å². The van der Waals surface area contributed by atoms with E-state index in [4.69, 9.17) is 14.2 Å². The van der Waals surface area contributed by atoms with Crippen LogP contribution >= 0.6 is 0 Å². The van der Waals surface area contributed by atoms with Gasteiger partial charge in [0.05, 0.1) is 44.8 Å². The van der Waals surface area contributed by atoms with Crippen molar-refractivity contribution in [2.24, 2.45) is 0 Å². The molecule has 0 aliphatic carbocycles. The molecule has 0 N–H and O–H groups in total. The molecule has 3 rings (SSSR count). The summed E-state index contributed by atoms with van der Waals surface area (Å²) < 4.78 is 56.5. The SMILES string of the molecule is COc1cc(-c2cc(C(F)(F)F)n3ncc(C(=O)[O-])c3n2)cc(OC)c1OC. The highest BCUT2D eigenvalue weighted by Crippen LogP contribution is 2.41. The number of ether oxygens (including phenoxy) is 3. The number of carbonyl (C=O) groups is 1. The highest BCUT2D eigenvalue weighted by molar-refractivity contribution is 5.93. The Morgan fingerprint density at radius 2 is 1.68 bits per heavy atom. The van der Waals surface area contributed by atoms with E-state index >= 15 is 0 Å². The van der Waals surface area contributed by atoms with Gasteiger partial charge >= 0.3 is 6.18 Å². The molecule has 0 atom stereocenters. The number of halogens is 3. The number of nitrogens with zero attached hydrogens (tertiary/aromatic N) is 3. The minimum Gasteiger partial charge on any atom is -0.545 e. The van der Waals surface area contributed by atoms with Gasteiger partial charge in [-0.2, -0.15) is 18.3 Å². The van der Waals surface area contributed by atoms with E-state index in [9.17, 15) is 23.1 Å². The van der Waals surface area contributed by atoms with E-state index < -0.39 is 29.1 Å². The van der Waals surface area contributed by atoms with Crippen LogP contribution in [0.1, 0.15) is 16.1 Å². The Kier molecular flexibility index (Phi) is 4.75. The average Bonchev–Trinajstić information content (AvgIpc) is 3.09. The summed E-state index contributed by atoms with van der Waals surface area (Å²) in [6.45, 7) is 0. The number of hydrogen-bond donors (Lipinski definition) is 0. The normalized spacial score (nSPS) is 11.5. The molecule has 148 valence electrons. The maximum Gasteiger partial charge on any atom is 0.433 e. The summed E-state index contributed by atoms with van der Waals surface area (Å²) >= 11 is 0. The summed E-state index contributed by atoms with van der Waals surface area (Å²) in [4.78, 5) is 15.3. The number of aromatic nitrogens is 3. The third-order valence-electron chi connectivity index (χ3n) is 3.94. The zero-order valence-electron chi connectivity index (χ0n) is 14.8. The Hall–Kier alpha value is -3.50. The van der Waals surface area contributed by atoms with Gasteiger partial charge in [-0.25, -0.2) is 9.50 Å². The molecule has 8 nitrogen and oxygen atoms in total. The van der Waals surface area contributed by atoms with Crippen LogP contribution in [0.3, 0.4) is 0 Å². The molecule has 0 amide bonds. The van der Waals surface area contributed by atoms with Crippen LogP contribution in [-0.2, 0) is 6.18 Å². The predicted molar refractivity (Wildman–Crippen MR) is 87.4 cm³/mol. The number of carbonyl (C=O) groups excluding carboxylic acids is 1. The Bertz CT molecular complexity index is 1040. The lowest BCUT2D eigenvalue weighted by molar-refractivity contribution is -0.254. The van der Waals surface area contributed by atoms with Crippen LogP contribution in [0.25, 0.3) is 16.9 Å². The smallest absolute Gasteiger partial charge is 0.433 e. The van der Waals surface area contributed by atoms with Gasteiger partial charge in [-0.1, -0.05) is 0 Å². The van der Waals surface area contributed by atoms with E-state index in [1.807, 2.05) is 0 Å². The van der Waals surface area contributed by atoms with E-state index in [0.29, 0.717) is 4.52 Å². The van der Waals surface area contributed by atoms with E-state index in [1.54, 1.807) is 0 Å². The van der Waals surface area contributed by atoms with Crippen LogP contribution in [0.15, 0.2) is 24.4 Å². The molecular formula is C17H13F3N3O5-. The second kappa shape index (κ2) is 6.91. The van der Waals surface area contributed by atoms with Crippen molar-refractivity contribution in [3.63, 3.8) is 0 Å². The van der Waals surface area contributed by atoms with Crippen molar-refractivity contribution in [1.82, 2.24) is 14.6 Å². The van der Waals surface area contributed by atoms with Crippen LogP contribution in [-0.4, -0.2) is 41.9 Å². The van der Waals surface area contributed by atoms with Gasteiger partial charge < -0.3 is 24.1 Å². The molecule has 0 aliphatic rings. The van der Waals surface area contributed by atoms with Crippen molar-refractivity contribution in [1.29, 1.82) is 0 Å². The molecule has 0 unspecified atom stereocenters. The summed E-state index contributed by atoms with van der Waals surface area (Å²) in [6, 6.07) is 3.55. The molecule has 0 saturated carbocycles. The summed E-state index contributed by atoms with van der Waals surface area (Å²) in [7, 11) is 4.08. The molecule has 11 heteroatoms. The third-order valence-corrected chi connectivity index (χ3v) is 3.94. The highest BCUT2D eigenvalue weighted by atomic mass is 19.4. The van der Waals surface area contributed by atoms with Crippen molar-refractivity contribution in [2.75, 3.05) is 21.3 Å². The Balaban J connectivity index is 2.35. The first-order chi connectivity index (χ1) is 13.2. The molecule has 0 spiro atoms. The Morgan fingerprint density at radius 3 is 2.14 bits per heavy atom. The van der Waals surface area contributed by atoms with E-state index in [1.165, 1.54) is 33.5 Å². The summed E-state index contributed by atoms with van der Waals surface area (Å²) in [6.07, 6.45) is -4.06. The lowest BCUT2D eigenvalue weighted by Gasteiger charge is -2.15. The fraction of sp³-hybridized carbons (Fsp3) is 0.235. The zero-order valence-corrected chi connectivity index (χ0v) is 14.8. The van der Waals surface area contributed by atoms with Gasteiger partial charge in [-0.3, -0.25) is 0 Å². The standard InChI is InChI=1S/C17H14F3N3O5/c1-26-11-4-8(5-12(27-2)14(11)28-3)10-6-13(17(18,19)20)23-15(22-10)9(7-21-23)16(24)25/h4-7H,1-3H3,(H,24,25)/p-1. The molecule has 1 aromatic carbocycles. The molecular weight excluding hydrogens is 383 g/mol. The molecule has 0 saturated heterocycles. The molecule has 2 heterocycles. The number of alkyl halides is 3. The number of carboxylic acids is 1. The van der Waals surface area contributed by atoms with Crippen LogP contribution in [0.2, 0.25) is 0 Å². The maximum atomic E-state index is 13.5. The second-order valence-electron chi connectivity index (χ2n) is 5.52. The quantitative estimate of drug-likeness (QED) is 0.649. The number of methoxy groups -OCH3 is 3. The number of aromatic carboxylic acids is 1. The molecule has 0 radical (unpaired) electrons. The van der Waals surface area contributed by atoms with E-state index in [0.717, 1.165) is 12.3 Å². The van der Waals surface area contributed by atoms with Crippen molar-refractivity contribution >= 4 is 11.6 Å². The summed E-state index contributed by atoms with van der Waals surface area (Å²) in [5.41, 5.74) is -2.25. The van der Waals surface area contributed by atoms with Crippen molar-refractivity contribution in [2.45, 2.75) is 6.18 Å². The van der Waals surface area contributed by atoms with Gasteiger partial charge in [-0.05, 0) is 18.2 Å². The first kappa shape index (κ1) is 19.3. The predicted octanol–water partition coefficient (Wildman–Crippen LogP) is 1.80. The van der Waals surface area contributed by atoms with Crippen molar-refractivity contribution < 1.29 is 37.3 Å². The first-order valence-corrected chi connectivity index (χ1v) is 7.69. The topological polar surface area (TPSA) is 98.0 Å². The number of carboxylic acid groups (broad SMARTS) is 1. The van der Waals surface area contributed by atoms with E-state index in [-0.39, 0.29) is 28.5 Å². The maximum absolute atomic E-state index is 13.5. The summed E-state index contributed by atoms with van der Waals surface area (Å²) in [5.74, 6) is -1.07. The highest BCUT2D eigenvalue weighted by Gasteiger charge is 2.35. The fourth-order valence-corrected chi connectivity index (χ4v) is 2.69. The van der Waals surface area contributed by atoms with E-state index in [2.05, 4.69) is 10.1 Å². The van der Waals surface area contributed by atoms with Gasteiger partial charge in [0.1, 0.15) is 0 Å². The van der Waals surface area contributed by atoms with Crippen LogP contribution < -0.4 is 19.3 Å². The molecule has 0 fully saturated rings. The number of benzene rings is 1. The summed E-state index contributed by atoms with van der Waals surface area (Å²) in [5, 5.41) is 14.7. The van der Waals surface area contributed by atoms with Crippen LogP contribution in [0, 0.1) is 0 Å². The van der Waals surface area contributed by atoms with Gasteiger partial charge in [0.15, 0.2) is 22.8 Å². The number of rotatable bonds is 5. The van der Waals surface area contributed by atoms with Crippen LogP contribution in [0.5, 0.6) is 17.2 Å². The number of fused-ring (bicyclic) bond motifs is 1. The van der Waals surface area contributed by atoms with Gasteiger partial charge in [-0.15, -0.1) is 0 Å². The first-order valence-electron chi connectivity index (χ1n) is 7.69. The van der Waals surface area contributed by atoms with Crippen molar-refractivity contribution in [3.05, 3.63) is 35.7 Å². The molecule has 0 aliphatic heterocycles. The zero-order chi connectivity index (χ0) is 20.6. The molecule has 3 aromatic rings. The second-order valence-corrected chi connectivity index (χ2v) is 5.52. The van der Waals surface area contributed by atoms with Crippen molar-refractivity contribution in [3.8, 4) is 28.5 Å². The lowest BCUT2D eigenvalue weighted by atomic mass is 10.1. The molecule has 28 heavy (non-hydrogen) atoms. The minimum absolute atomic E-state index is 0.165. The van der Waals surface area contributed by atoms with Gasteiger partial charge in [0.25, 0.3) is 0 Å². The van der Waals surface area contributed by atoms with Gasteiger partial charge in [0.2, 0.25) is 5.75 Å². The molecule has 0 bridgehead atoms. The largest absolute Gasteiger partial charge is 0.545 e. The lowest BCUT2D eigenvalue weighted by Crippen LogP contribution is -2.22. The average molecular weight is 396 g/mol. The minimum atomic E-state index is -4.81. The monoisotopic (exact) mass is 396 g/mol. The molecule has 2 aromatic heterocycles. The van der Waals surface area contributed by atoms with Gasteiger partial charge in [0, 0.05) is 5.56 Å². The fourth-order valence-electron chi connectivity index (χ4n) is 2.69. The third kappa shape index (κ3) is 3.15. The Morgan fingerprint density at radius 1 is 1.07 bits per heavy atom.